The summed E-state index contributed by atoms with van der Waals surface area (Å²) in [4.78, 5) is 14.8. The van der Waals surface area contributed by atoms with Crippen LogP contribution in [0.25, 0.3) is 0 Å². The highest BCUT2D eigenvalue weighted by molar-refractivity contribution is 5.69. The molecule has 5 heteroatoms. The summed E-state index contributed by atoms with van der Waals surface area (Å²) in [7, 11) is 1.87. The molecular weight excluding hydrogens is 158 g/mol. The maximum absolute atomic E-state index is 10.7. The van der Waals surface area contributed by atoms with Crippen LogP contribution < -0.4 is 5.32 Å². The van der Waals surface area contributed by atoms with Crippen LogP contribution in [-0.4, -0.2) is 22.2 Å². The van der Waals surface area contributed by atoms with Gasteiger partial charge in [-0.3, -0.25) is 0 Å². The van der Waals surface area contributed by atoms with Gasteiger partial charge >= 0.3 is 6.09 Å². The summed E-state index contributed by atoms with van der Waals surface area (Å²) in [6.07, 6.45) is 2.89. The van der Waals surface area contributed by atoms with Crippen LogP contribution in [0.5, 0.6) is 0 Å². The van der Waals surface area contributed by atoms with Crippen molar-refractivity contribution in [2.45, 2.75) is 6.10 Å². The Morgan fingerprint density at radius 3 is 3.17 bits per heavy atom. The molecule has 0 bridgehead atoms. The van der Waals surface area contributed by atoms with Crippen molar-refractivity contribution in [2.75, 3.05) is 6.54 Å². The van der Waals surface area contributed by atoms with Crippen molar-refractivity contribution < 1.29 is 9.53 Å². The molecule has 1 saturated heterocycles. The number of hydrogen-bond donors (Lipinski definition) is 1. The third kappa shape index (κ3) is 1.03. The highest BCUT2D eigenvalue weighted by Gasteiger charge is 2.26. The van der Waals surface area contributed by atoms with Crippen LogP contribution in [-0.2, 0) is 11.8 Å². The fourth-order valence-corrected chi connectivity index (χ4v) is 1.22. The molecule has 1 aliphatic rings. The number of imidazole rings is 1. The predicted octanol–water partition coefficient (Wildman–Crippen LogP) is 0.201. The zero-order valence-electron chi connectivity index (χ0n) is 6.65. The first-order valence-corrected chi connectivity index (χ1v) is 3.69. The molecule has 1 N–H and O–H groups in total. The summed E-state index contributed by atoms with van der Waals surface area (Å²) in [5.41, 5.74) is 0. The molecule has 1 amide bonds. The van der Waals surface area contributed by atoms with Crippen molar-refractivity contribution >= 4 is 6.09 Å². The lowest BCUT2D eigenvalue weighted by molar-refractivity contribution is 0.135. The van der Waals surface area contributed by atoms with Crippen molar-refractivity contribution in [1.29, 1.82) is 0 Å². The van der Waals surface area contributed by atoms with Gasteiger partial charge < -0.3 is 14.6 Å². The maximum Gasteiger partial charge on any atom is 0.408 e. The lowest BCUT2D eigenvalue weighted by atomic mass is 10.3. The Morgan fingerprint density at radius 2 is 2.67 bits per heavy atom. The minimum Gasteiger partial charge on any atom is -0.436 e. The molecule has 0 spiro atoms. The molecule has 1 aromatic heterocycles. The number of carbonyl (C=O) groups is 1. The van der Waals surface area contributed by atoms with Gasteiger partial charge in [-0.1, -0.05) is 0 Å². The second kappa shape index (κ2) is 2.51. The zero-order valence-corrected chi connectivity index (χ0v) is 6.65. The van der Waals surface area contributed by atoms with Gasteiger partial charge in [-0.05, 0) is 0 Å². The second-order valence-corrected chi connectivity index (χ2v) is 2.67. The van der Waals surface area contributed by atoms with Gasteiger partial charge in [0.1, 0.15) is 0 Å². The minimum absolute atomic E-state index is 0.238. The molecule has 2 heterocycles. The summed E-state index contributed by atoms with van der Waals surface area (Å²) in [5, 5.41) is 2.57. The normalized spacial score (nSPS) is 22.1. The summed E-state index contributed by atoms with van der Waals surface area (Å²) in [5.74, 6) is 0.772. The number of nitrogens with one attached hydrogen (secondary N) is 1. The Balaban J connectivity index is 2.21. The van der Waals surface area contributed by atoms with E-state index in [4.69, 9.17) is 4.74 Å². The molecule has 1 fully saturated rings. The highest BCUT2D eigenvalue weighted by Crippen LogP contribution is 2.17. The quantitative estimate of drug-likeness (QED) is 0.650. The molecule has 12 heavy (non-hydrogen) atoms. The van der Waals surface area contributed by atoms with E-state index in [9.17, 15) is 4.79 Å². The Morgan fingerprint density at radius 1 is 1.83 bits per heavy atom. The molecule has 0 saturated carbocycles. The van der Waals surface area contributed by atoms with Gasteiger partial charge in [-0.15, -0.1) is 0 Å². The van der Waals surface area contributed by atoms with Gasteiger partial charge in [0, 0.05) is 19.4 Å². The third-order valence-electron chi connectivity index (χ3n) is 1.83. The molecule has 0 radical (unpaired) electrons. The number of carbonyl (C=O) groups excluding carboxylic acids is 1. The smallest absolute Gasteiger partial charge is 0.408 e. The number of aryl methyl sites for hydroxylation is 1. The topological polar surface area (TPSA) is 56.2 Å². The molecule has 64 valence electrons. The minimum atomic E-state index is -0.372. The van der Waals surface area contributed by atoms with Crippen molar-refractivity contribution in [3.8, 4) is 0 Å². The molecule has 1 atom stereocenters. The molecule has 2 rings (SSSR count). The first-order valence-electron chi connectivity index (χ1n) is 3.69. The Hall–Kier alpha value is -1.52. The Labute approximate surface area is 69.3 Å². The molecule has 1 aliphatic heterocycles. The van der Waals surface area contributed by atoms with E-state index in [1.807, 2.05) is 17.8 Å². The van der Waals surface area contributed by atoms with Gasteiger partial charge in [0.2, 0.25) is 0 Å². The van der Waals surface area contributed by atoms with E-state index in [-0.39, 0.29) is 12.2 Å². The van der Waals surface area contributed by atoms with Crippen LogP contribution >= 0.6 is 0 Å². The lowest BCUT2D eigenvalue weighted by Crippen LogP contribution is -2.13. The van der Waals surface area contributed by atoms with Crippen molar-refractivity contribution in [2.24, 2.45) is 7.05 Å². The van der Waals surface area contributed by atoms with E-state index in [1.54, 1.807) is 6.20 Å². The molecule has 1 unspecified atom stereocenters. The van der Waals surface area contributed by atoms with Crippen LogP contribution in [0.4, 0.5) is 4.79 Å². The monoisotopic (exact) mass is 167 g/mol. The summed E-state index contributed by atoms with van der Waals surface area (Å²) < 4.78 is 6.79. The van der Waals surface area contributed by atoms with Crippen molar-refractivity contribution in [3.05, 3.63) is 18.2 Å². The van der Waals surface area contributed by atoms with Crippen LogP contribution in [0.2, 0.25) is 0 Å². The van der Waals surface area contributed by atoms with Crippen LogP contribution in [0.1, 0.15) is 11.9 Å². The predicted molar refractivity (Wildman–Crippen MR) is 40.4 cm³/mol. The average Bonchev–Trinajstić information content (AvgIpc) is 2.58. The Bertz CT molecular complexity index is 307. The standard InChI is InChI=1S/C7H9N3O2/c1-10-3-2-8-6(10)5-4-9-7(11)12-5/h2-3,5H,4H2,1H3,(H,9,11). The van der Waals surface area contributed by atoms with Gasteiger partial charge in [-0.25, -0.2) is 9.78 Å². The van der Waals surface area contributed by atoms with Crippen LogP contribution in [0, 0.1) is 0 Å². The molecular formula is C7H9N3O2. The van der Waals surface area contributed by atoms with Gasteiger partial charge in [0.25, 0.3) is 0 Å². The van der Waals surface area contributed by atoms with E-state index in [0.717, 1.165) is 5.82 Å². The first-order chi connectivity index (χ1) is 5.77. The number of nitrogens with zero attached hydrogens (tertiary/aromatic N) is 2. The highest BCUT2D eigenvalue weighted by atomic mass is 16.6. The first kappa shape index (κ1) is 7.15. The molecule has 1 aromatic rings. The number of rotatable bonds is 1. The summed E-state index contributed by atoms with van der Waals surface area (Å²) >= 11 is 0. The van der Waals surface area contributed by atoms with Crippen molar-refractivity contribution in [1.82, 2.24) is 14.9 Å². The third-order valence-corrected chi connectivity index (χ3v) is 1.83. The van der Waals surface area contributed by atoms with E-state index < -0.39 is 0 Å². The average molecular weight is 167 g/mol. The van der Waals surface area contributed by atoms with E-state index >= 15 is 0 Å². The van der Waals surface area contributed by atoms with E-state index in [0.29, 0.717) is 6.54 Å². The summed E-state index contributed by atoms with van der Waals surface area (Å²) in [6, 6.07) is 0. The maximum atomic E-state index is 10.7. The van der Waals surface area contributed by atoms with Gasteiger partial charge in [0.05, 0.1) is 6.54 Å². The summed E-state index contributed by atoms with van der Waals surface area (Å²) in [6.45, 7) is 0.504. The van der Waals surface area contributed by atoms with Gasteiger partial charge in [-0.2, -0.15) is 0 Å². The molecule has 5 nitrogen and oxygen atoms in total. The number of alkyl carbamates (subject to hydrolysis) is 1. The van der Waals surface area contributed by atoms with Crippen LogP contribution in [0.3, 0.4) is 0 Å². The van der Waals surface area contributed by atoms with E-state index in [1.165, 1.54) is 0 Å². The number of amides is 1. The number of aromatic nitrogens is 2. The number of ether oxygens (including phenoxy) is 1. The molecule has 0 aromatic carbocycles. The fraction of sp³-hybridized carbons (Fsp3) is 0.429. The number of hydrogen-bond acceptors (Lipinski definition) is 3. The van der Waals surface area contributed by atoms with Crippen LogP contribution in [0.15, 0.2) is 12.4 Å². The SMILES string of the molecule is Cn1ccnc1C1CNC(=O)O1. The fourth-order valence-electron chi connectivity index (χ4n) is 1.22. The van der Waals surface area contributed by atoms with E-state index in [2.05, 4.69) is 10.3 Å². The molecule has 0 aliphatic carbocycles. The van der Waals surface area contributed by atoms with Crippen molar-refractivity contribution in [3.63, 3.8) is 0 Å². The second-order valence-electron chi connectivity index (χ2n) is 2.67. The Kier molecular flexibility index (Phi) is 1.49. The largest absolute Gasteiger partial charge is 0.436 e. The number of cyclic esters (lactones) is 1. The van der Waals surface area contributed by atoms with Gasteiger partial charge in [0.15, 0.2) is 11.9 Å². The lowest BCUT2D eigenvalue weighted by Gasteiger charge is -2.06. The zero-order chi connectivity index (χ0) is 8.55.